The van der Waals surface area contributed by atoms with E-state index in [1.165, 1.54) is 12.1 Å². The summed E-state index contributed by atoms with van der Waals surface area (Å²) in [4.78, 5) is 59.6. The molecular weight excluding hydrogens is 600 g/mol. The molecule has 248 valence electrons. The Morgan fingerprint density at radius 3 is 2.21 bits per heavy atom. The van der Waals surface area contributed by atoms with Crippen molar-refractivity contribution in [2.24, 2.45) is 0 Å². The molecule has 5 rings (SSSR count). The van der Waals surface area contributed by atoms with Gasteiger partial charge in [0.15, 0.2) is 0 Å². The van der Waals surface area contributed by atoms with Crippen LogP contribution in [0.2, 0.25) is 0 Å². The van der Waals surface area contributed by atoms with E-state index >= 15 is 0 Å². The number of rotatable bonds is 13. The Balaban J connectivity index is 1.42. The normalized spacial score (nSPS) is 15.9. The van der Waals surface area contributed by atoms with Crippen molar-refractivity contribution >= 4 is 23.9 Å². The first kappa shape index (κ1) is 33.6. The lowest BCUT2D eigenvalue weighted by atomic mass is 9.91. The fraction of sp³-hybridized carbons (Fsp3) is 0.417. The van der Waals surface area contributed by atoms with Crippen LogP contribution in [0.3, 0.4) is 0 Å². The van der Waals surface area contributed by atoms with Gasteiger partial charge >= 0.3 is 12.1 Å². The number of nitrogens with zero attached hydrogens (tertiary/aromatic N) is 3. The predicted octanol–water partition coefficient (Wildman–Crippen LogP) is 4.55. The zero-order valence-corrected chi connectivity index (χ0v) is 26.9. The molecule has 2 aromatic carbocycles. The second-order valence-electron chi connectivity index (χ2n) is 12.0. The number of hydrogen-bond acceptors (Lipinski definition) is 7. The summed E-state index contributed by atoms with van der Waals surface area (Å²) in [5.74, 6) is -1.82. The third-order valence-electron chi connectivity index (χ3n) is 8.88. The van der Waals surface area contributed by atoms with Crippen LogP contribution < -0.4 is 5.32 Å². The van der Waals surface area contributed by atoms with Crippen LogP contribution >= 0.6 is 0 Å². The molecule has 1 aliphatic carbocycles. The molecule has 1 saturated carbocycles. The number of carbonyl (C=O) groups is 4. The summed E-state index contributed by atoms with van der Waals surface area (Å²) in [6.45, 7) is 6.45. The summed E-state index contributed by atoms with van der Waals surface area (Å²) in [5.41, 5.74) is 3.54. The first-order valence-corrected chi connectivity index (χ1v) is 16.2. The summed E-state index contributed by atoms with van der Waals surface area (Å²) in [7, 11) is 0. The second kappa shape index (κ2) is 15.2. The number of hydrogen-bond donors (Lipinski definition) is 2. The van der Waals surface area contributed by atoms with Gasteiger partial charge in [-0.3, -0.25) is 9.59 Å². The summed E-state index contributed by atoms with van der Waals surface area (Å²) in [6.07, 6.45) is 2.55. The number of aromatic carboxylic acids is 1. The highest BCUT2D eigenvalue weighted by molar-refractivity contribution is 5.97. The summed E-state index contributed by atoms with van der Waals surface area (Å²) < 4.78 is 10.8. The standard InChI is InChI=1S/C36H42N4O7/c1-3-46-21-16-36(14-15-36)28-23-29(26-8-6-5-7-9-26)37-30(24-28)32(41)38-31(22-25-10-12-27(13-11-25)34(43)44)33(42)39-17-19-40(20-18-39)35(45)47-4-2/h5-13,23-24,31H,3-4,14-22H2,1-2H3,(H,38,41)(H,43,44)/t31-/m0/s1. The van der Waals surface area contributed by atoms with Gasteiger partial charge in [-0.25, -0.2) is 14.6 Å². The van der Waals surface area contributed by atoms with Crippen molar-refractivity contribution in [3.8, 4) is 11.3 Å². The zero-order valence-electron chi connectivity index (χ0n) is 26.9. The van der Waals surface area contributed by atoms with E-state index < -0.39 is 24.0 Å². The van der Waals surface area contributed by atoms with Gasteiger partial charge < -0.3 is 29.7 Å². The highest BCUT2D eigenvalue weighted by Gasteiger charge is 2.44. The van der Waals surface area contributed by atoms with E-state index in [4.69, 9.17) is 14.5 Å². The van der Waals surface area contributed by atoms with Crippen LogP contribution in [0.4, 0.5) is 4.79 Å². The molecule has 1 aromatic heterocycles. The number of ether oxygens (including phenoxy) is 2. The highest BCUT2D eigenvalue weighted by atomic mass is 16.6. The lowest BCUT2D eigenvalue weighted by Gasteiger charge is -2.36. The first-order chi connectivity index (χ1) is 22.7. The largest absolute Gasteiger partial charge is 0.478 e. The summed E-state index contributed by atoms with van der Waals surface area (Å²) in [6, 6.07) is 18.9. The Morgan fingerprint density at radius 2 is 1.60 bits per heavy atom. The molecule has 2 aliphatic rings. The maximum absolute atomic E-state index is 14.0. The molecule has 3 aromatic rings. The second-order valence-corrected chi connectivity index (χ2v) is 12.0. The van der Waals surface area contributed by atoms with E-state index in [2.05, 4.69) is 11.4 Å². The van der Waals surface area contributed by atoms with E-state index in [9.17, 15) is 24.3 Å². The van der Waals surface area contributed by atoms with E-state index in [1.54, 1.807) is 28.9 Å². The molecule has 2 fully saturated rings. The number of amides is 3. The van der Waals surface area contributed by atoms with Gasteiger partial charge in [0.05, 0.1) is 17.9 Å². The average Bonchev–Trinajstić information content (AvgIpc) is 3.89. The van der Waals surface area contributed by atoms with Gasteiger partial charge in [-0.1, -0.05) is 42.5 Å². The molecule has 0 unspecified atom stereocenters. The Kier molecular flexibility index (Phi) is 10.9. The molecule has 2 heterocycles. The zero-order chi connectivity index (χ0) is 33.4. The minimum absolute atomic E-state index is 0.0869. The monoisotopic (exact) mass is 642 g/mol. The molecule has 0 spiro atoms. The van der Waals surface area contributed by atoms with Crippen molar-refractivity contribution in [2.45, 2.75) is 51.0 Å². The van der Waals surface area contributed by atoms with Crippen LogP contribution in [0.1, 0.15) is 65.1 Å². The number of carboxylic acids is 1. The first-order valence-electron chi connectivity index (χ1n) is 16.2. The van der Waals surface area contributed by atoms with Crippen molar-refractivity contribution in [1.29, 1.82) is 0 Å². The SMILES string of the molecule is CCOCCC1(c2cc(C(=O)N[C@@H](Cc3ccc(C(=O)O)cc3)C(=O)N3CCN(C(=O)OCC)CC3)nc(-c3ccccc3)c2)CC1. The maximum atomic E-state index is 14.0. The van der Waals surface area contributed by atoms with Gasteiger partial charge in [0, 0.05) is 51.4 Å². The number of benzene rings is 2. The summed E-state index contributed by atoms with van der Waals surface area (Å²) in [5, 5.41) is 12.3. The van der Waals surface area contributed by atoms with Crippen molar-refractivity contribution in [2.75, 3.05) is 46.0 Å². The van der Waals surface area contributed by atoms with Crippen LogP contribution in [0.5, 0.6) is 0 Å². The minimum atomic E-state index is -1.05. The fourth-order valence-corrected chi connectivity index (χ4v) is 5.95. The number of piperazine rings is 1. The van der Waals surface area contributed by atoms with Crippen molar-refractivity contribution in [3.63, 3.8) is 0 Å². The number of pyridine rings is 1. The molecule has 1 saturated heterocycles. The minimum Gasteiger partial charge on any atom is -0.478 e. The number of carboxylic acid groups (broad SMARTS) is 1. The third kappa shape index (κ3) is 8.34. The Morgan fingerprint density at radius 1 is 0.915 bits per heavy atom. The Bertz CT molecular complexity index is 1570. The molecule has 11 nitrogen and oxygen atoms in total. The topological polar surface area (TPSA) is 138 Å². The molecule has 47 heavy (non-hydrogen) atoms. The molecular formula is C36H42N4O7. The lowest BCUT2D eigenvalue weighted by molar-refractivity contribution is -0.134. The van der Waals surface area contributed by atoms with Crippen molar-refractivity contribution in [1.82, 2.24) is 20.1 Å². The molecule has 1 atom stereocenters. The van der Waals surface area contributed by atoms with Crippen LogP contribution in [0, 0.1) is 0 Å². The van der Waals surface area contributed by atoms with E-state index in [0.717, 1.165) is 30.4 Å². The van der Waals surface area contributed by atoms with Gasteiger partial charge in [-0.05, 0) is 73.9 Å². The van der Waals surface area contributed by atoms with E-state index in [-0.39, 0.29) is 48.7 Å². The molecule has 11 heteroatoms. The van der Waals surface area contributed by atoms with Crippen LogP contribution in [0.25, 0.3) is 11.3 Å². The Hall–Kier alpha value is -4.77. The van der Waals surface area contributed by atoms with Gasteiger partial charge in [0.2, 0.25) is 5.91 Å². The summed E-state index contributed by atoms with van der Waals surface area (Å²) >= 11 is 0. The molecule has 2 N–H and O–H groups in total. The van der Waals surface area contributed by atoms with Gasteiger partial charge in [0.1, 0.15) is 11.7 Å². The average molecular weight is 643 g/mol. The molecule has 1 aliphatic heterocycles. The lowest BCUT2D eigenvalue weighted by Crippen LogP contribution is -2.56. The quantitative estimate of drug-likeness (QED) is 0.259. The third-order valence-corrected chi connectivity index (χ3v) is 8.88. The van der Waals surface area contributed by atoms with E-state index in [1.807, 2.05) is 43.3 Å². The number of carbonyl (C=O) groups excluding carboxylic acids is 3. The maximum Gasteiger partial charge on any atom is 0.409 e. The van der Waals surface area contributed by atoms with E-state index in [0.29, 0.717) is 37.6 Å². The Labute approximate surface area is 274 Å². The predicted molar refractivity (Wildman–Crippen MR) is 175 cm³/mol. The molecule has 3 amide bonds. The van der Waals surface area contributed by atoms with Crippen LogP contribution in [-0.4, -0.2) is 95.8 Å². The number of nitrogens with one attached hydrogen (secondary N) is 1. The fourth-order valence-electron chi connectivity index (χ4n) is 5.95. The van der Waals surface area contributed by atoms with Crippen LogP contribution in [0.15, 0.2) is 66.7 Å². The molecule has 0 bridgehead atoms. The van der Waals surface area contributed by atoms with Crippen molar-refractivity contribution in [3.05, 3.63) is 89.1 Å². The smallest absolute Gasteiger partial charge is 0.409 e. The molecule has 0 radical (unpaired) electrons. The van der Waals surface area contributed by atoms with Gasteiger partial charge in [-0.2, -0.15) is 0 Å². The number of aromatic nitrogens is 1. The van der Waals surface area contributed by atoms with Crippen LogP contribution in [-0.2, 0) is 26.1 Å². The highest BCUT2D eigenvalue weighted by Crippen LogP contribution is 2.51. The van der Waals surface area contributed by atoms with Crippen molar-refractivity contribution < 1.29 is 33.8 Å². The van der Waals surface area contributed by atoms with Gasteiger partial charge in [-0.15, -0.1) is 0 Å². The van der Waals surface area contributed by atoms with Gasteiger partial charge in [0.25, 0.3) is 5.91 Å².